The minimum atomic E-state index is -3.70. The summed E-state index contributed by atoms with van der Waals surface area (Å²) < 4.78 is 39.1. The molecule has 1 aliphatic heterocycles. The van der Waals surface area contributed by atoms with Crippen molar-refractivity contribution < 1.29 is 22.7 Å². The Morgan fingerprint density at radius 2 is 1.88 bits per heavy atom. The fourth-order valence-corrected chi connectivity index (χ4v) is 4.64. The van der Waals surface area contributed by atoms with E-state index in [1.807, 2.05) is 13.8 Å². The zero-order valence-electron chi connectivity index (χ0n) is 19.1. The van der Waals surface area contributed by atoms with Gasteiger partial charge in [-0.3, -0.25) is 9.52 Å². The van der Waals surface area contributed by atoms with Gasteiger partial charge < -0.3 is 14.8 Å². The summed E-state index contributed by atoms with van der Waals surface area (Å²) in [7, 11) is -3.70. The summed E-state index contributed by atoms with van der Waals surface area (Å²) >= 11 is 0. The van der Waals surface area contributed by atoms with Gasteiger partial charge in [-0.2, -0.15) is 0 Å². The molecule has 0 radical (unpaired) electrons. The van der Waals surface area contributed by atoms with Gasteiger partial charge >= 0.3 is 0 Å². The number of hydrogen-bond acceptors (Lipinski definition) is 6. The molecule has 8 nitrogen and oxygen atoms in total. The van der Waals surface area contributed by atoms with E-state index in [0.29, 0.717) is 29.4 Å². The van der Waals surface area contributed by atoms with Gasteiger partial charge in [0.15, 0.2) is 0 Å². The molecule has 1 aliphatic rings. The highest BCUT2D eigenvalue weighted by atomic mass is 32.2. The maximum Gasteiger partial charge on any atom is 0.261 e. The van der Waals surface area contributed by atoms with Crippen LogP contribution in [-0.4, -0.2) is 38.6 Å². The van der Waals surface area contributed by atoms with E-state index in [0.717, 1.165) is 30.6 Å². The summed E-state index contributed by atoms with van der Waals surface area (Å²) in [5.74, 6) is 0.589. The number of carbonyl (C=O) groups is 1. The minimum Gasteiger partial charge on any atom is -0.439 e. The average Bonchev–Trinajstić information content (AvgIpc) is 3.34. The molecule has 4 rings (SSSR count). The van der Waals surface area contributed by atoms with Gasteiger partial charge in [-0.05, 0) is 80.3 Å². The molecular weight excluding hydrogens is 454 g/mol. The molecular formula is C25H27N3O5S. The highest BCUT2D eigenvalue weighted by molar-refractivity contribution is 7.92. The molecule has 1 atom stereocenters. The molecule has 1 aromatic heterocycles. The topological polar surface area (TPSA) is 107 Å². The predicted octanol–water partition coefficient (Wildman–Crippen LogP) is 4.20. The summed E-state index contributed by atoms with van der Waals surface area (Å²) in [4.78, 5) is 16.7. The normalized spacial score (nSPS) is 15.6. The lowest BCUT2D eigenvalue weighted by molar-refractivity contribution is 0.0857. The van der Waals surface area contributed by atoms with Crippen LogP contribution in [-0.2, 0) is 14.8 Å². The maximum absolute atomic E-state index is 12.7. The first-order chi connectivity index (χ1) is 16.3. The number of amides is 1. The lowest BCUT2D eigenvalue weighted by atomic mass is 10.1. The zero-order valence-corrected chi connectivity index (χ0v) is 19.9. The zero-order chi connectivity index (χ0) is 24.1. The predicted molar refractivity (Wildman–Crippen MR) is 129 cm³/mol. The van der Waals surface area contributed by atoms with E-state index in [4.69, 9.17) is 9.47 Å². The summed E-state index contributed by atoms with van der Waals surface area (Å²) in [6, 6.07) is 14.8. The second-order valence-corrected chi connectivity index (χ2v) is 9.89. The third kappa shape index (κ3) is 5.92. The molecule has 2 N–H and O–H groups in total. The van der Waals surface area contributed by atoms with Crippen LogP contribution in [0.4, 0.5) is 5.69 Å². The molecule has 9 heteroatoms. The third-order valence-electron chi connectivity index (χ3n) is 5.63. The Balaban J connectivity index is 1.34. The number of sulfonamides is 1. The smallest absolute Gasteiger partial charge is 0.261 e. The molecule has 0 saturated carbocycles. The SMILES string of the molecule is Cc1ccc(S(=O)(=O)Nc2ccc(Oc3ccc(C(=O)NC[C@H]4CCCO4)cn3)cc2)cc1C. The van der Waals surface area contributed by atoms with Gasteiger partial charge in [0.1, 0.15) is 5.75 Å². The van der Waals surface area contributed by atoms with Crippen molar-refractivity contribution >= 4 is 21.6 Å². The van der Waals surface area contributed by atoms with Gasteiger partial charge in [0.05, 0.1) is 16.6 Å². The number of benzene rings is 2. The van der Waals surface area contributed by atoms with Crippen molar-refractivity contribution in [3.8, 4) is 11.6 Å². The Hall–Kier alpha value is -3.43. The van der Waals surface area contributed by atoms with Crippen molar-refractivity contribution in [1.29, 1.82) is 0 Å². The molecule has 1 amide bonds. The minimum absolute atomic E-state index is 0.0768. The van der Waals surface area contributed by atoms with Gasteiger partial charge in [-0.25, -0.2) is 13.4 Å². The number of rotatable bonds is 8. The van der Waals surface area contributed by atoms with E-state index in [1.165, 1.54) is 6.20 Å². The van der Waals surface area contributed by atoms with Crippen molar-refractivity contribution in [3.63, 3.8) is 0 Å². The molecule has 0 spiro atoms. The number of pyridine rings is 1. The standard InChI is InChI=1S/C25H27N3O5S/c1-17-5-11-23(14-18(17)2)34(30,31)28-20-7-9-21(10-8-20)33-24-12-6-19(15-26-24)25(29)27-16-22-4-3-13-32-22/h5-12,14-15,22,28H,3-4,13,16H2,1-2H3,(H,27,29)/t22-/m1/s1. The fourth-order valence-electron chi connectivity index (χ4n) is 3.50. The highest BCUT2D eigenvalue weighted by Crippen LogP contribution is 2.24. The summed E-state index contributed by atoms with van der Waals surface area (Å²) in [6.07, 6.45) is 3.50. The van der Waals surface area contributed by atoms with Crippen LogP contribution in [0.25, 0.3) is 0 Å². The molecule has 0 aliphatic carbocycles. The lowest BCUT2D eigenvalue weighted by Crippen LogP contribution is -2.31. The van der Waals surface area contributed by atoms with Gasteiger partial charge in [-0.1, -0.05) is 6.07 Å². The van der Waals surface area contributed by atoms with E-state index in [1.54, 1.807) is 54.6 Å². The van der Waals surface area contributed by atoms with Crippen LogP contribution in [0.5, 0.6) is 11.6 Å². The average molecular weight is 482 g/mol. The Morgan fingerprint density at radius 3 is 2.53 bits per heavy atom. The van der Waals surface area contributed by atoms with Crippen molar-refractivity contribution in [3.05, 3.63) is 77.5 Å². The molecule has 0 unspecified atom stereocenters. The molecule has 2 heterocycles. The van der Waals surface area contributed by atoms with Crippen LogP contribution in [0.2, 0.25) is 0 Å². The Bertz CT molecular complexity index is 1250. The summed E-state index contributed by atoms with van der Waals surface area (Å²) in [5.41, 5.74) is 2.78. The van der Waals surface area contributed by atoms with Crippen molar-refractivity contribution in [2.24, 2.45) is 0 Å². The summed E-state index contributed by atoms with van der Waals surface area (Å²) in [5, 5.41) is 2.85. The largest absolute Gasteiger partial charge is 0.439 e. The van der Waals surface area contributed by atoms with E-state index in [-0.39, 0.29) is 16.9 Å². The quantitative estimate of drug-likeness (QED) is 0.499. The monoisotopic (exact) mass is 481 g/mol. The number of carbonyl (C=O) groups excluding carboxylic acids is 1. The van der Waals surface area contributed by atoms with Crippen LogP contribution in [0.3, 0.4) is 0 Å². The van der Waals surface area contributed by atoms with Gasteiger partial charge in [0, 0.05) is 31.1 Å². The molecule has 2 aromatic carbocycles. The van der Waals surface area contributed by atoms with E-state index < -0.39 is 10.0 Å². The Kier molecular flexibility index (Phi) is 7.14. The maximum atomic E-state index is 12.7. The molecule has 34 heavy (non-hydrogen) atoms. The number of anilines is 1. The number of hydrogen-bond donors (Lipinski definition) is 2. The first-order valence-corrected chi connectivity index (χ1v) is 12.5. The highest BCUT2D eigenvalue weighted by Gasteiger charge is 2.17. The number of ether oxygens (including phenoxy) is 2. The number of nitrogens with zero attached hydrogens (tertiary/aromatic N) is 1. The van der Waals surface area contributed by atoms with Crippen LogP contribution in [0.1, 0.15) is 34.3 Å². The van der Waals surface area contributed by atoms with Crippen molar-refractivity contribution in [2.75, 3.05) is 17.9 Å². The first-order valence-electron chi connectivity index (χ1n) is 11.0. The fraction of sp³-hybridized carbons (Fsp3) is 0.280. The van der Waals surface area contributed by atoms with E-state index >= 15 is 0 Å². The number of aryl methyl sites for hydroxylation is 2. The van der Waals surface area contributed by atoms with Crippen LogP contribution in [0, 0.1) is 13.8 Å². The second kappa shape index (κ2) is 10.2. The van der Waals surface area contributed by atoms with Gasteiger partial charge in [0.25, 0.3) is 15.9 Å². The van der Waals surface area contributed by atoms with E-state index in [9.17, 15) is 13.2 Å². The molecule has 178 valence electrons. The van der Waals surface area contributed by atoms with Gasteiger partial charge in [-0.15, -0.1) is 0 Å². The molecule has 1 saturated heterocycles. The second-order valence-electron chi connectivity index (χ2n) is 8.21. The Morgan fingerprint density at radius 1 is 1.09 bits per heavy atom. The third-order valence-corrected chi connectivity index (χ3v) is 7.01. The number of aromatic nitrogens is 1. The molecule has 0 bridgehead atoms. The molecule has 1 fully saturated rings. The first kappa shape index (κ1) is 23.7. The van der Waals surface area contributed by atoms with Crippen LogP contribution >= 0.6 is 0 Å². The van der Waals surface area contributed by atoms with Crippen LogP contribution < -0.4 is 14.8 Å². The van der Waals surface area contributed by atoms with Crippen LogP contribution in [0.15, 0.2) is 65.7 Å². The van der Waals surface area contributed by atoms with Crippen molar-refractivity contribution in [2.45, 2.75) is 37.7 Å². The van der Waals surface area contributed by atoms with Crippen molar-refractivity contribution in [1.82, 2.24) is 10.3 Å². The van der Waals surface area contributed by atoms with Gasteiger partial charge in [0.2, 0.25) is 5.88 Å². The Labute approximate surface area is 199 Å². The van der Waals surface area contributed by atoms with E-state index in [2.05, 4.69) is 15.0 Å². The summed E-state index contributed by atoms with van der Waals surface area (Å²) in [6.45, 7) is 5.03. The lowest BCUT2D eigenvalue weighted by Gasteiger charge is -2.11. The number of nitrogens with one attached hydrogen (secondary N) is 2. The molecule has 3 aromatic rings.